The Morgan fingerprint density at radius 1 is 0.971 bits per heavy atom. The summed E-state index contributed by atoms with van der Waals surface area (Å²) in [5.41, 5.74) is -3.97. The van der Waals surface area contributed by atoms with Crippen LogP contribution in [-0.2, 0) is 15.8 Å². The fourth-order valence-electron chi connectivity index (χ4n) is 4.22. The third-order valence-electron chi connectivity index (χ3n) is 6.02. The zero-order valence-electron chi connectivity index (χ0n) is 27.1. The zero-order valence-corrected chi connectivity index (χ0v) is 19.9. The van der Waals surface area contributed by atoms with Crippen LogP contribution in [0.1, 0.15) is 46.8 Å². The summed E-state index contributed by atoms with van der Waals surface area (Å²) in [5, 5.41) is 12.0. The second-order valence-electron chi connectivity index (χ2n) is 8.43. The Labute approximate surface area is 219 Å². The van der Waals surface area contributed by atoms with Crippen molar-refractivity contribution in [3.63, 3.8) is 0 Å². The molecule has 0 spiro atoms. The highest BCUT2D eigenvalue weighted by Gasteiger charge is 2.43. The second-order valence-corrected chi connectivity index (χ2v) is 8.87. The van der Waals surface area contributed by atoms with Crippen LogP contribution in [0.25, 0.3) is 0 Å². The molecule has 1 saturated heterocycles. The number of hydrogen-bond acceptors (Lipinski definition) is 3. The largest absolute Gasteiger partial charge is 0.385 e. The highest BCUT2D eigenvalue weighted by Crippen LogP contribution is 2.39. The summed E-state index contributed by atoms with van der Waals surface area (Å²) >= 11 is 5.95. The molecule has 0 aliphatic carbocycles. The van der Waals surface area contributed by atoms with Gasteiger partial charge in [-0.25, -0.2) is 0 Å². The number of carbonyl (C=O) groups is 1. The molecule has 1 N–H and O–H groups in total. The van der Waals surface area contributed by atoms with E-state index in [0.29, 0.717) is 16.0 Å². The lowest BCUT2D eigenvalue weighted by Crippen LogP contribution is -2.48. The predicted octanol–water partition coefficient (Wildman–Crippen LogP) is 5.09. The van der Waals surface area contributed by atoms with E-state index in [1.165, 1.54) is 17.0 Å². The Balaban J connectivity index is 1.90. The summed E-state index contributed by atoms with van der Waals surface area (Å²) in [4.78, 5) is 15.9. The van der Waals surface area contributed by atoms with Crippen molar-refractivity contribution < 1.29 is 20.9 Å². The van der Waals surface area contributed by atoms with Gasteiger partial charge in [-0.05, 0) is 54.5 Å². The van der Waals surface area contributed by atoms with Gasteiger partial charge in [-0.3, -0.25) is 4.79 Å². The number of hydrogen-bond donors (Lipinski definition) is 1. The van der Waals surface area contributed by atoms with E-state index in [9.17, 15) is 9.90 Å². The van der Waals surface area contributed by atoms with Crippen LogP contribution in [0.15, 0.2) is 84.9 Å². The van der Waals surface area contributed by atoms with Crippen LogP contribution in [0.2, 0.25) is 5.02 Å². The molecule has 3 aromatic rings. The van der Waals surface area contributed by atoms with Crippen LogP contribution < -0.4 is 0 Å². The average Bonchev–Trinajstić information content (AvgIpc) is 2.94. The normalized spacial score (nSPS) is 25.6. The minimum absolute atomic E-state index is 0.218. The van der Waals surface area contributed by atoms with Crippen LogP contribution in [0.5, 0.6) is 0 Å². The zero-order chi connectivity index (χ0) is 31.4. The van der Waals surface area contributed by atoms with Crippen molar-refractivity contribution in [3.05, 3.63) is 107 Å². The number of halogens is 1. The molecule has 3 aromatic carbocycles. The van der Waals surface area contributed by atoms with Crippen molar-refractivity contribution in [2.45, 2.75) is 30.2 Å². The summed E-state index contributed by atoms with van der Waals surface area (Å²) in [7, 11) is 3.15. The van der Waals surface area contributed by atoms with Crippen molar-refractivity contribution >= 4 is 17.5 Å². The summed E-state index contributed by atoms with van der Waals surface area (Å²) in [6, 6.07) is 22.4. The molecule has 1 aliphatic heterocycles. The quantitative estimate of drug-likeness (QED) is 0.508. The van der Waals surface area contributed by atoms with Gasteiger partial charge in [0.2, 0.25) is 5.91 Å². The van der Waals surface area contributed by atoms with E-state index in [0.717, 1.165) is 12.1 Å². The number of piperidine rings is 1. The van der Waals surface area contributed by atoms with E-state index in [2.05, 4.69) is 0 Å². The molecule has 0 radical (unpaired) electrons. The average molecular weight is 485 g/mol. The summed E-state index contributed by atoms with van der Waals surface area (Å²) in [6.07, 6.45) is -6.99. The number of amides is 1. The molecule has 34 heavy (non-hydrogen) atoms. The van der Waals surface area contributed by atoms with Gasteiger partial charge in [0.15, 0.2) is 0 Å². The van der Waals surface area contributed by atoms with Crippen molar-refractivity contribution in [2.75, 3.05) is 33.6 Å². The predicted molar refractivity (Wildman–Crippen MR) is 138 cm³/mol. The molecule has 1 aliphatic rings. The van der Waals surface area contributed by atoms with Gasteiger partial charge in [0, 0.05) is 43.1 Å². The first-order valence-corrected chi connectivity index (χ1v) is 11.4. The van der Waals surface area contributed by atoms with Crippen LogP contribution in [-0.4, -0.2) is 54.4 Å². The first kappa shape index (κ1) is 16.1. The van der Waals surface area contributed by atoms with Gasteiger partial charge in [-0.2, -0.15) is 0 Å². The molecule has 1 fully saturated rings. The molecule has 178 valence electrons. The summed E-state index contributed by atoms with van der Waals surface area (Å²) < 4.78 is 71.0. The smallest absolute Gasteiger partial charge is 0.237 e. The molecular formula is C29H33ClN2O2. The molecule has 0 atom stereocenters. The minimum Gasteiger partial charge on any atom is -0.385 e. The molecule has 0 aromatic heterocycles. The molecule has 4 rings (SSSR count). The lowest BCUT2D eigenvalue weighted by atomic mass is 9.70. The Kier molecular flexibility index (Phi) is 4.88. The number of benzene rings is 3. The van der Waals surface area contributed by atoms with Crippen molar-refractivity contribution in [2.24, 2.45) is 0 Å². The van der Waals surface area contributed by atoms with Crippen molar-refractivity contribution in [3.8, 4) is 0 Å². The number of aliphatic hydroxyl groups is 1. The number of likely N-dealkylation sites (N-methyl/N-ethyl adjacent to an activating group) is 1. The maximum Gasteiger partial charge on any atom is 0.237 e. The fourth-order valence-corrected chi connectivity index (χ4v) is 4.34. The maximum absolute atomic E-state index is 14.1. The van der Waals surface area contributed by atoms with E-state index in [4.69, 9.17) is 22.6 Å². The number of rotatable bonds is 7. The van der Waals surface area contributed by atoms with Crippen LogP contribution >= 0.6 is 11.6 Å². The molecule has 0 bridgehead atoms. The van der Waals surface area contributed by atoms with Gasteiger partial charge in [0.25, 0.3) is 0 Å². The highest BCUT2D eigenvalue weighted by molar-refractivity contribution is 6.30. The second kappa shape index (κ2) is 10.3. The Hall–Kier alpha value is -2.66. The molecule has 4 nitrogen and oxygen atoms in total. The van der Waals surface area contributed by atoms with Gasteiger partial charge in [0.05, 0.1) is 5.60 Å². The Morgan fingerprint density at radius 2 is 1.47 bits per heavy atom. The van der Waals surface area contributed by atoms with Crippen molar-refractivity contribution in [1.82, 2.24) is 9.80 Å². The number of likely N-dealkylation sites (tertiary alicyclic amines) is 1. The molecule has 5 heteroatoms. The Bertz CT molecular complexity index is 1350. The van der Waals surface area contributed by atoms with Crippen LogP contribution in [0.4, 0.5) is 0 Å². The van der Waals surface area contributed by atoms with E-state index in [1.54, 1.807) is 74.8 Å². The first-order chi connectivity index (χ1) is 19.4. The minimum atomic E-state index is -3.38. The van der Waals surface area contributed by atoms with Crippen LogP contribution in [0.3, 0.4) is 0 Å². The Morgan fingerprint density at radius 3 is 1.94 bits per heavy atom. The van der Waals surface area contributed by atoms with E-state index in [1.807, 2.05) is 0 Å². The maximum atomic E-state index is 14.1. The van der Waals surface area contributed by atoms with Gasteiger partial charge in [-0.15, -0.1) is 0 Å². The summed E-state index contributed by atoms with van der Waals surface area (Å²) in [6.45, 7) is -7.09. The van der Waals surface area contributed by atoms with Gasteiger partial charge in [0.1, 0.15) is 5.41 Å². The van der Waals surface area contributed by atoms with Gasteiger partial charge >= 0.3 is 0 Å². The monoisotopic (exact) mass is 484 g/mol. The third-order valence-corrected chi connectivity index (χ3v) is 6.27. The lowest BCUT2D eigenvalue weighted by Gasteiger charge is -2.41. The lowest BCUT2D eigenvalue weighted by molar-refractivity contribution is -0.133. The highest BCUT2D eigenvalue weighted by atomic mass is 35.5. The molecule has 1 amide bonds. The van der Waals surface area contributed by atoms with E-state index < -0.39 is 43.3 Å². The summed E-state index contributed by atoms with van der Waals surface area (Å²) in [5.74, 6) is -0.373. The number of carbonyl (C=O) groups excluding carboxylic acids is 1. The van der Waals surface area contributed by atoms with Gasteiger partial charge < -0.3 is 14.9 Å². The third kappa shape index (κ3) is 4.90. The van der Waals surface area contributed by atoms with E-state index in [-0.39, 0.29) is 22.9 Å². The molecule has 1 heterocycles. The van der Waals surface area contributed by atoms with Crippen molar-refractivity contribution in [1.29, 1.82) is 0 Å². The van der Waals surface area contributed by atoms with Gasteiger partial charge in [-0.1, -0.05) is 84.4 Å². The SMILES string of the molecule is [2H]C1([2H])N(CCC(C(=O)N(C)C)(c2ccccc2)c2ccccc2)C([2H])([2H])C([2H])([2H])C(O)(c2ccc(Cl)cc2)C1([2H])[2H]. The van der Waals surface area contributed by atoms with E-state index >= 15 is 0 Å². The molecular weight excluding hydrogens is 444 g/mol. The fraction of sp³-hybridized carbons (Fsp3) is 0.345. The van der Waals surface area contributed by atoms with Crippen LogP contribution in [0, 0.1) is 0 Å². The number of nitrogens with zero attached hydrogens (tertiary/aromatic N) is 2. The molecule has 0 unspecified atom stereocenters. The molecule has 0 saturated carbocycles. The standard InChI is InChI=1S/C29H33ClN2O2/c1-31(2)27(33)29(24-9-5-3-6-10-24,25-11-7-4-8-12-25)19-22-32-20-17-28(34,18-21-32)23-13-15-26(30)16-14-23/h3-16,34H,17-22H2,1-2H3/i17D2,18D2,20D2,21D2. The topological polar surface area (TPSA) is 43.8 Å². The first-order valence-electron chi connectivity index (χ1n) is 15.0.